The zero-order valence-electron chi connectivity index (χ0n) is 12.6. The molecule has 3 rings (SSSR count). The molecule has 0 aliphatic carbocycles. The minimum Gasteiger partial charge on any atom is -0.391 e. The van der Waals surface area contributed by atoms with E-state index < -0.39 is 0 Å². The van der Waals surface area contributed by atoms with Gasteiger partial charge in [-0.15, -0.1) is 0 Å². The summed E-state index contributed by atoms with van der Waals surface area (Å²) in [6.07, 6.45) is 1.73. The van der Waals surface area contributed by atoms with E-state index in [1.165, 1.54) is 0 Å². The molecule has 23 heavy (non-hydrogen) atoms. The van der Waals surface area contributed by atoms with Crippen molar-refractivity contribution in [1.82, 2.24) is 9.97 Å². The summed E-state index contributed by atoms with van der Waals surface area (Å²) in [6.45, 7) is 1.61. The number of nitrogens with zero attached hydrogens (tertiary/aromatic N) is 2. The molecule has 114 valence electrons. The maximum absolute atomic E-state index is 11.0. The topological polar surface area (TPSA) is 75.1 Å². The Hall–Kier alpha value is -3.01. The number of para-hydroxylation sites is 1. The molecule has 0 bridgehead atoms. The summed E-state index contributed by atoms with van der Waals surface area (Å²) in [5, 5.41) is 13.3. The molecule has 0 radical (unpaired) electrons. The number of nitrogens with one attached hydrogen (secondary N) is 1. The molecule has 2 aromatic heterocycles. The van der Waals surface area contributed by atoms with Crippen molar-refractivity contribution in [3.8, 4) is 0 Å². The van der Waals surface area contributed by atoms with Gasteiger partial charge in [0.25, 0.3) is 0 Å². The van der Waals surface area contributed by atoms with E-state index in [9.17, 15) is 9.90 Å². The van der Waals surface area contributed by atoms with E-state index in [2.05, 4.69) is 15.3 Å². The summed E-state index contributed by atoms with van der Waals surface area (Å²) in [4.78, 5) is 19.8. The van der Waals surface area contributed by atoms with Gasteiger partial charge in [0.05, 0.1) is 17.7 Å². The second-order valence-electron chi connectivity index (χ2n) is 5.16. The van der Waals surface area contributed by atoms with Crippen LogP contribution in [-0.4, -0.2) is 27.6 Å². The normalized spacial score (nSPS) is 10.3. The highest BCUT2D eigenvalue weighted by molar-refractivity contribution is 5.99. The number of fused-ring (bicyclic) bond motifs is 1. The fraction of sp³-hybridized carbons (Fsp3) is 0.111. The summed E-state index contributed by atoms with van der Waals surface area (Å²) in [7, 11) is 0. The second-order valence-corrected chi connectivity index (χ2v) is 5.16. The van der Waals surface area contributed by atoms with Crippen molar-refractivity contribution < 1.29 is 9.90 Å². The highest BCUT2D eigenvalue weighted by Gasteiger charge is 2.09. The van der Waals surface area contributed by atoms with Crippen molar-refractivity contribution in [2.24, 2.45) is 0 Å². The molecule has 1 aromatic carbocycles. The number of aliphatic hydroxyl groups excluding tert-OH is 1. The molecule has 5 nitrogen and oxygen atoms in total. The lowest BCUT2D eigenvalue weighted by Crippen LogP contribution is -1.99. The van der Waals surface area contributed by atoms with Crippen molar-refractivity contribution in [2.75, 3.05) is 11.9 Å². The molecule has 0 atom stereocenters. The Labute approximate surface area is 133 Å². The van der Waals surface area contributed by atoms with Crippen molar-refractivity contribution in [3.63, 3.8) is 0 Å². The maximum atomic E-state index is 11.0. The highest BCUT2D eigenvalue weighted by Crippen LogP contribution is 2.24. The molecule has 0 fully saturated rings. The lowest BCUT2D eigenvalue weighted by molar-refractivity contribution is 0.350. The molecule has 0 aliphatic heterocycles. The Bertz CT molecular complexity index is 915. The molecule has 0 saturated carbocycles. The van der Waals surface area contributed by atoms with Gasteiger partial charge in [-0.25, -0.2) is 14.8 Å². The highest BCUT2D eigenvalue weighted by atomic mass is 16.3. The van der Waals surface area contributed by atoms with Gasteiger partial charge in [0.2, 0.25) is 0 Å². The number of aryl methyl sites for hydroxylation is 1. The number of hydrogen-bond acceptors (Lipinski definition) is 5. The Morgan fingerprint density at radius 2 is 2.09 bits per heavy atom. The van der Waals surface area contributed by atoms with E-state index in [-0.39, 0.29) is 12.2 Å². The SMILES string of the molecule is Cc1ccnc(Nc2ccc3cccc(C(=C=O)CO)c3n2)c1. The number of pyridine rings is 2. The molecule has 0 spiro atoms. The first-order valence-corrected chi connectivity index (χ1v) is 7.16. The van der Waals surface area contributed by atoms with Crippen molar-refractivity contribution in [2.45, 2.75) is 6.92 Å². The average molecular weight is 305 g/mol. The minimum atomic E-state index is -0.374. The van der Waals surface area contributed by atoms with E-state index >= 15 is 0 Å². The summed E-state index contributed by atoms with van der Waals surface area (Å²) in [6, 6.07) is 13.1. The van der Waals surface area contributed by atoms with Crippen molar-refractivity contribution in [3.05, 3.63) is 59.8 Å². The maximum Gasteiger partial charge on any atom is 0.132 e. The third kappa shape index (κ3) is 3.11. The molecular weight excluding hydrogens is 290 g/mol. The Morgan fingerprint density at radius 3 is 2.83 bits per heavy atom. The van der Waals surface area contributed by atoms with E-state index in [1.54, 1.807) is 18.2 Å². The number of carbonyl (C=O) groups excluding carboxylic acids is 1. The molecule has 0 unspecified atom stereocenters. The van der Waals surface area contributed by atoms with E-state index in [0.717, 1.165) is 10.9 Å². The number of benzene rings is 1. The van der Waals surface area contributed by atoms with Gasteiger partial charge in [-0.05, 0) is 36.8 Å². The number of aliphatic hydroxyl groups is 1. The summed E-state index contributed by atoms with van der Waals surface area (Å²) in [5.41, 5.74) is 2.50. The quantitative estimate of drug-likeness (QED) is 0.725. The monoisotopic (exact) mass is 305 g/mol. The molecule has 5 heteroatoms. The standard InChI is InChI=1S/C18H15N3O2/c1-12-7-8-19-17(9-12)20-16-6-5-13-3-2-4-15(18(13)21-16)14(10-22)11-23/h2-9,22H,10H2,1H3,(H,19,20,21). The summed E-state index contributed by atoms with van der Waals surface area (Å²) in [5.74, 6) is 3.09. The van der Waals surface area contributed by atoms with Crippen LogP contribution >= 0.6 is 0 Å². The van der Waals surface area contributed by atoms with Crippen LogP contribution < -0.4 is 5.32 Å². The molecule has 3 aromatic rings. The van der Waals surface area contributed by atoms with Crippen LogP contribution in [0.5, 0.6) is 0 Å². The average Bonchev–Trinajstić information content (AvgIpc) is 2.56. The predicted molar refractivity (Wildman–Crippen MR) is 90.2 cm³/mol. The van der Waals surface area contributed by atoms with E-state index in [4.69, 9.17) is 0 Å². The summed E-state index contributed by atoms with van der Waals surface area (Å²) >= 11 is 0. The van der Waals surface area contributed by atoms with Crippen molar-refractivity contribution in [1.29, 1.82) is 0 Å². The summed E-state index contributed by atoms with van der Waals surface area (Å²) < 4.78 is 0. The van der Waals surface area contributed by atoms with Crippen LogP contribution in [0.3, 0.4) is 0 Å². The largest absolute Gasteiger partial charge is 0.391 e. The van der Waals surface area contributed by atoms with Crippen LogP contribution in [0.4, 0.5) is 11.6 Å². The van der Waals surface area contributed by atoms with Crippen LogP contribution in [0, 0.1) is 6.92 Å². The first-order valence-electron chi connectivity index (χ1n) is 7.16. The first kappa shape index (κ1) is 14.9. The smallest absolute Gasteiger partial charge is 0.132 e. The Balaban J connectivity index is 2.07. The minimum absolute atomic E-state index is 0.189. The van der Waals surface area contributed by atoms with Crippen LogP contribution in [0.15, 0.2) is 48.7 Å². The third-order valence-electron chi connectivity index (χ3n) is 3.50. The second kappa shape index (κ2) is 6.40. The third-order valence-corrected chi connectivity index (χ3v) is 3.50. The fourth-order valence-electron chi connectivity index (χ4n) is 2.37. The van der Waals surface area contributed by atoms with Gasteiger partial charge in [0, 0.05) is 17.1 Å². The molecule has 0 aliphatic rings. The predicted octanol–water partition coefficient (Wildman–Crippen LogP) is 2.89. The first-order chi connectivity index (χ1) is 11.2. The van der Waals surface area contributed by atoms with Crippen LogP contribution in [-0.2, 0) is 4.79 Å². The molecule has 0 saturated heterocycles. The fourth-order valence-corrected chi connectivity index (χ4v) is 2.37. The number of rotatable bonds is 4. The van der Waals surface area contributed by atoms with Gasteiger partial charge in [-0.1, -0.05) is 18.2 Å². The van der Waals surface area contributed by atoms with Gasteiger partial charge in [-0.3, -0.25) is 0 Å². The van der Waals surface area contributed by atoms with Crippen LogP contribution in [0.25, 0.3) is 16.5 Å². The Morgan fingerprint density at radius 1 is 1.22 bits per heavy atom. The zero-order chi connectivity index (χ0) is 16.2. The van der Waals surface area contributed by atoms with Gasteiger partial charge < -0.3 is 10.4 Å². The number of anilines is 2. The molecular formula is C18H15N3O2. The van der Waals surface area contributed by atoms with Crippen molar-refractivity contribution >= 4 is 34.1 Å². The van der Waals surface area contributed by atoms with E-state index in [0.29, 0.717) is 22.7 Å². The zero-order valence-corrected chi connectivity index (χ0v) is 12.6. The Kier molecular flexibility index (Phi) is 4.15. The molecule has 0 amide bonds. The van der Waals surface area contributed by atoms with Gasteiger partial charge in [-0.2, -0.15) is 0 Å². The number of aromatic nitrogens is 2. The number of hydrogen-bond donors (Lipinski definition) is 2. The molecule has 2 heterocycles. The van der Waals surface area contributed by atoms with Crippen LogP contribution in [0.2, 0.25) is 0 Å². The molecule has 2 N–H and O–H groups in total. The van der Waals surface area contributed by atoms with E-state index in [1.807, 2.05) is 43.3 Å². The lowest BCUT2D eigenvalue weighted by Gasteiger charge is -2.09. The van der Waals surface area contributed by atoms with Gasteiger partial charge in [0.15, 0.2) is 0 Å². The van der Waals surface area contributed by atoms with Gasteiger partial charge >= 0.3 is 0 Å². The van der Waals surface area contributed by atoms with Crippen LogP contribution in [0.1, 0.15) is 11.1 Å². The lowest BCUT2D eigenvalue weighted by atomic mass is 10.0. The van der Waals surface area contributed by atoms with Gasteiger partial charge in [0.1, 0.15) is 17.6 Å².